The fraction of sp³-hybridized carbons (Fsp3) is 0.412. The van der Waals surface area contributed by atoms with Crippen LogP contribution in [0.25, 0.3) is 0 Å². The zero-order chi connectivity index (χ0) is 16.8. The normalized spacial score (nSPS) is 14.5. The minimum absolute atomic E-state index is 0.629. The second-order valence-electron chi connectivity index (χ2n) is 5.74. The van der Waals surface area contributed by atoms with Crippen LogP contribution in [-0.2, 0) is 11.3 Å². The number of nitrogens with zero attached hydrogens (tertiary/aromatic N) is 6. The van der Waals surface area contributed by atoms with Crippen LogP contribution in [0.2, 0.25) is 0 Å². The van der Waals surface area contributed by atoms with Crippen LogP contribution in [0, 0.1) is 0 Å². The first-order valence-electron chi connectivity index (χ1n) is 8.23. The molecule has 1 fully saturated rings. The van der Waals surface area contributed by atoms with Crippen molar-refractivity contribution < 1.29 is 4.79 Å². The quantitative estimate of drug-likeness (QED) is 0.743. The van der Waals surface area contributed by atoms with Gasteiger partial charge in [0, 0.05) is 39.3 Å². The van der Waals surface area contributed by atoms with E-state index in [4.69, 9.17) is 0 Å². The van der Waals surface area contributed by atoms with E-state index in [0.717, 1.165) is 38.4 Å². The first-order chi connectivity index (χ1) is 11.8. The van der Waals surface area contributed by atoms with Gasteiger partial charge in [0.2, 0.25) is 12.4 Å². The molecule has 0 bridgehead atoms. The third kappa shape index (κ3) is 3.79. The summed E-state index contributed by atoms with van der Waals surface area (Å²) in [5.74, 6) is 1.45. The molecular formula is C17H22N6O. The number of amides is 1. The number of benzene rings is 1. The van der Waals surface area contributed by atoms with Gasteiger partial charge < -0.3 is 14.7 Å². The number of hydrogen-bond acceptors (Lipinski definition) is 6. The van der Waals surface area contributed by atoms with Crippen molar-refractivity contribution in [1.82, 2.24) is 20.1 Å². The molecule has 0 spiro atoms. The molecule has 1 aliphatic heterocycles. The molecule has 7 nitrogen and oxygen atoms in total. The van der Waals surface area contributed by atoms with Gasteiger partial charge in [-0.3, -0.25) is 4.79 Å². The van der Waals surface area contributed by atoms with Crippen molar-refractivity contribution in [3.8, 4) is 0 Å². The highest BCUT2D eigenvalue weighted by atomic mass is 16.1. The zero-order valence-corrected chi connectivity index (χ0v) is 13.9. The van der Waals surface area contributed by atoms with E-state index in [1.807, 2.05) is 18.2 Å². The Morgan fingerprint density at radius 3 is 2.58 bits per heavy atom. The highest BCUT2D eigenvalue weighted by Crippen LogP contribution is 2.17. The monoisotopic (exact) mass is 326 g/mol. The molecular weight excluding hydrogens is 304 g/mol. The Balaban J connectivity index is 1.73. The van der Waals surface area contributed by atoms with Crippen molar-refractivity contribution in [2.24, 2.45) is 0 Å². The van der Waals surface area contributed by atoms with Crippen molar-refractivity contribution in [1.29, 1.82) is 0 Å². The minimum atomic E-state index is 0.629. The van der Waals surface area contributed by atoms with Gasteiger partial charge >= 0.3 is 0 Å². The van der Waals surface area contributed by atoms with Crippen molar-refractivity contribution in [3.63, 3.8) is 0 Å². The first kappa shape index (κ1) is 16.2. The fourth-order valence-corrected chi connectivity index (χ4v) is 2.76. The van der Waals surface area contributed by atoms with E-state index in [2.05, 4.69) is 44.0 Å². The number of rotatable bonds is 6. The van der Waals surface area contributed by atoms with Gasteiger partial charge in [-0.1, -0.05) is 30.3 Å². The predicted octanol–water partition coefficient (Wildman–Crippen LogP) is 1.18. The number of aromatic nitrogens is 3. The van der Waals surface area contributed by atoms with Crippen molar-refractivity contribution >= 4 is 18.2 Å². The average molecular weight is 326 g/mol. The molecule has 0 atom stereocenters. The summed E-state index contributed by atoms with van der Waals surface area (Å²) < 4.78 is 0. The van der Waals surface area contributed by atoms with Crippen LogP contribution in [0.4, 0.5) is 11.8 Å². The van der Waals surface area contributed by atoms with Crippen LogP contribution in [0.1, 0.15) is 12.5 Å². The van der Waals surface area contributed by atoms with Gasteiger partial charge in [0.1, 0.15) is 0 Å². The van der Waals surface area contributed by atoms with Gasteiger partial charge in [-0.05, 0) is 12.5 Å². The Morgan fingerprint density at radius 2 is 1.92 bits per heavy atom. The topological polar surface area (TPSA) is 65.5 Å². The summed E-state index contributed by atoms with van der Waals surface area (Å²) in [5.41, 5.74) is 1.24. The number of carbonyl (C=O) groups excluding carboxylic acids is 1. The largest absolute Gasteiger partial charge is 0.351 e. The standard InChI is InChI=1S/C17H22N6O/c1-2-22(13-15-6-4-3-5-7-15)16-12-18-20-17(19-16)23-10-8-21(14-24)9-11-23/h3-7,12,14H,2,8-11,13H2,1H3. The van der Waals surface area contributed by atoms with Crippen LogP contribution in [0.3, 0.4) is 0 Å². The zero-order valence-electron chi connectivity index (χ0n) is 13.9. The van der Waals surface area contributed by atoms with E-state index in [9.17, 15) is 4.79 Å². The van der Waals surface area contributed by atoms with Crippen LogP contribution < -0.4 is 9.80 Å². The van der Waals surface area contributed by atoms with E-state index < -0.39 is 0 Å². The number of carbonyl (C=O) groups is 1. The Labute approximate surface area is 141 Å². The molecule has 24 heavy (non-hydrogen) atoms. The van der Waals surface area contributed by atoms with Crippen molar-refractivity contribution in [3.05, 3.63) is 42.1 Å². The second kappa shape index (κ2) is 7.72. The maximum atomic E-state index is 10.8. The number of piperazine rings is 1. The van der Waals surface area contributed by atoms with E-state index in [0.29, 0.717) is 19.0 Å². The Kier molecular flexibility index (Phi) is 5.20. The Hall–Kier alpha value is -2.70. The van der Waals surface area contributed by atoms with Crippen LogP contribution >= 0.6 is 0 Å². The summed E-state index contributed by atoms with van der Waals surface area (Å²) in [6.45, 7) is 6.58. The molecule has 0 unspecified atom stereocenters. The minimum Gasteiger partial charge on any atom is -0.351 e. The number of anilines is 2. The molecule has 2 aromatic rings. The van der Waals surface area contributed by atoms with E-state index in [1.54, 1.807) is 11.1 Å². The second-order valence-corrected chi connectivity index (χ2v) is 5.74. The van der Waals surface area contributed by atoms with Gasteiger partial charge in [-0.2, -0.15) is 10.1 Å². The number of hydrogen-bond donors (Lipinski definition) is 0. The third-order valence-corrected chi connectivity index (χ3v) is 4.20. The highest BCUT2D eigenvalue weighted by molar-refractivity contribution is 5.49. The molecule has 1 amide bonds. The molecule has 1 aromatic heterocycles. The lowest BCUT2D eigenvalue weighted by Crippen LogP contribution is -2.46. The summed E-state index contributed by atoms with van der Waals surface area (Å²) in [6.07, 6.45) is 2.60. The molecule has 1 aromatic carbocycles. The molecule has 0 saturated carbocycles. The molecule has 0 aliphatic carbocycles. The molecule has 3 rings (SSSR count). The lowest BCUT2D eigenvalue weighted by atomic mass is 10.2. The summed E-state index contributed by atoms with van der Waals surface area (Å²) in [5, 5.41) is 8.30. The van der Waals surface area contributed by atoms with Gasteiger partial charge in [-0.25, -0.2) is 0 Å². The summed E-state index contributed by atoms with van der Waals surface area (Å²) >= 11 is 0. The van der Waals surface area contributed by atoms with E-state index in [-0.39, 0.29) is 0 Å². The third-order valence-electron chi connectivity index (χ3n) is 4.20. The van der Waals surface area contributed by atoms with Crippen LogP contribution in [-0.4, -0.2) is 59.2 Å². The molecule has 7 heteroatoms. The van der Waals surface area contributed by atoms with Gasteiger partial charge in [-0.15, -0.1) is 5.10 Å². The summed E-state index contributed by atoms with van der Waals surface area (Å²) in [4.78, 5) is 21.5. The lowest BCUT2D eigenvalue weighted by Gasteiger charge is -2.32. The van der Waals surface area contributed by atoms with Crippen molar-refractivity contribution in [2.75, 3.05) is 42.5 Å². The van der Waals surface area contributed by atoms with E-state index in [1.165, 1.54) is 5.56 Å². The molecule has 0 N–H and O–H groups in total. The van der Waals surface area contributed by atoms with Gasteiger partial charge in [0.15, 0.2) is 5.82 Å². The molecule has 1 saturated heterocycles. The smallest absolute Gasteiger partial charge is 0.247 e. The molecule has 126 valence electrons. The summed E-state index contributed by atoms with van der Waals surface area (Å²) in [7, 11) is 0. The lowest BCUT2D eigenvalue weighted by molar-refractivity contribution is -0.118. The van der Waals surface area contributed by atoms with Crippen molar-refractivity contribution in [2.45, 2.75) is 13.5 Å². The summed E-state index contributed by atoms with van der Waals surface area (Å²) in [6, 6.07) is 10.3. The average Bonchev–Trinajstić information content (AvgIpc) is 2.67. The Morgan fingerprint density at radius 1 is 1.17 bits per heavy atom. The fourth-order valence-electron chi connectivity index (χ4n) is 2.76. The van der Waals surface area contributed by atoms with Crippen LogP contribution in [0.15, 0.2) is 36.5 Å². The maximum Gasteiger partial charge on any atom is 0.247 e. The van der Waals surface area contributed by atoms with Crippen LogP contribution in [0.5, 0.6) is 0 Å². The predicted molar refractivity (Wildman–Crippen MR) is 92.8 cm³/mol. The molecule has 0 radical (unpaired) electrons. The van der Waals surface area contributed by atoms with Gasteiger partial charge in [0.25, 0.3) is 0 Å². The molecule has 2 heterocycles. The molecule has 1 aliphatic rings. The van der Waals surface area contributed by atoms with E-state index >= 15 is 0 Å². The first-order valence-corrected chi connectivity index (χ1v) is 8.23. The SMILES string of the molecule is CCN(Cc1ccccc1)c1cnnc(N2CCN(C=O)CC2)n1. The maximum absolute atomic E-state index is 10.8. The van der Waals surface area contributed by atoms with Gasteiger partial charge in [0.05, 0.1) is 6.20 Å². The highest BCUT2D eigenvalue weighted by Gasteiger charge is 2.19. The Bertz CT molecular complexity index is 657.